The van der Waals surface area contributed by atoms with Gasteiger partial charge in [0.2, 0.25) is 0 Å². The normalized spacial score (nSPS) is 19.7. The Morgan fingerprint density at radius 1 is 1.33 bits per heavy atom. The monoisotopic (exact) mass is 319 g/mol. The first-order chi connectivity index (χ1) is 10.0. The molecule has 0 aliphatic heterocycles. The van der Waals surface area contributed by atoms with Crippen LogP contribution in [-0.4, -0.2) is 0 Å². The highest BCUT2D eigenvalue weighted by atomic mass is 35.5. The molecule has 0 fully saturated rings. The van der Waals surface area contributed by atoms with Crippen LogP contribution in [0.3, 0.4) is 0 Å². The summed E-state index contributed by atoms with van der Waals surface area (Å²) in [7, 11) is 0. The van der Waals surface area contributed by atoms with Crippen molar-refractivity contribution < 1.29 is 0 Å². The molecule has 0 radical (unpaired) electrons. The second-order valence-corrected chi connectivity index (χ2v) is 7.98. The van der Waals surface area contributed by atoms with E-state index in [4.69, 9.17) is 11.6 Å². The number of hydrogen-bond acceptors (Lipinski definition) is 2. The largest absolute Gasteiger partial charge is 0.305 e. The summed E-state index contributed by atoms with van der Waals surface area (Å²) in [6, 6.07) is 8.94. The lowest BCUT2D eigenvalue weighted by atomic mass is 9.85. The first-order valence-electron chi connectivity index (χ1n) is 7.58. The standard InChI is InChI=1S/C18H22ClNS/c1-4-12-7-8-21-16(12)11-20-17-15-9-14(19)6-5-13(15)10-18(17,2)3/h5-9,17,20H,4,10-11H2,1-3H3. The Hall–Kier alpha value is -0.830. The average Bonchev–Trinajstić information content (AvgIpc) is 2.97. The minimum atomic E-state index is 0.233. The Morgan fingerprint density at radius 3 is 2.90 bits per heavy atom. The zero-order chi connectivity index (χ0) is 15.0. The van der Waals surface area contributed by atoms with Crippen LogP contribution in [0.15, 0.2) is 29.6 Å². The fraction of sp³-hybridized carbons (Fsp3) is 0.444. The van der Waals surface area contributed by atoms with Gasteiger partial charge in [-0.25, -0.2) is 0 Å². The average molecular weight is 320 g/mol. The quantitative estimate of drug-likeness (QED) is 0.798. The first-order valence-corrected chi connectivity index (χ1v) is 8.84. The molecule has 1 unspecified atom stereocenters. The zero-order valence-electron chi connectivity index (χ0n) is 12.9. The van der Waals surface area contributed by atoms with E-state index in [9.17, 15) is 0 Å². The molecule has 1 aliphatic carbocycles. The molecule has 0 saturated carbocycles. The Balaban J connectivity index is 1.83. The van der Waals surface area contributed by atoms with Crippen molar-refractivity contribution in [3.05, 3.63) is 56.2 Å². The number of benzene rings is 1. The summed E-state index contributed by atoms with van der Waals surface area (Å²) in [6.45, 7) is 7.85. The molecule has 0 spiro atoms. The summed E-state index contributed by atoms with van der Waals surface area (Å²) < 4.78 is 0. The van der Waals surface area contributed by atoms with Gasteiger partial charge in [-0.05, 0) is 58.5 Å². The van der Waals surface area contributed by atoms with E-state index in [1.54, 1.807) is 0 Å². The van der Waals surface area contributed by atoms with Crippen LogP contribution in [0.4, 0.5) is 0 Å². The number of nitrogens with one attached hydrogen (secondary N) is 1. The SMILES string of the molecule is CCc1ccsc1CNC1c2cc(Cl)ccc2CC1(C)C. The fourth-order valence-electron chi connectivity index (χ4n) is 3.43. The highest BCUT2D eigenvalue weighted by Gasteiger charge is 2.38. The number of halogens is 1. The molecule has 2 aromatic rings. The van der Waals surface area contributed by atoms with Crippen LogP contribution in [0.2, 0.25) is 5.02 Å². The van der Waals surface area contributed by atoms with Crippen molar-refractivity contribution in [1.82, 2.24) is 5.32 Å². The number of thiophene rings is 1. The van der Waals surface area contributed by atoms with Crippen molar-refractivity contribution in [2.75, 3.05) is 0 Å². The van der Waals surface area contributed by atoms with E-state index in [1.165, 1.54) is 21.6 Å². The lowest BCUT2D eigenvalue weighted by Crippen LogP contribution is -2.30. The van der Waals surface area contributed by atoms with Crippen LogP contribution in [0.5, 0.6) is 0 Å². The van der Waals surface area contributed by atoms with Gasteiger partial charge in [-0.15, -0.1) is 11.3 Å². The van der Waals surface area contributed by atoms with Crippen molar-refractivity contribution in [1.29, 1.82) is 0 Å². The summed E-state index contributed by atoms with van der Waals surface area (Å²) in [6.07, 6.45) is 2.22. The third kappa shape index (κ3) is 2.90. The lowest BCUT2D eigenvalue weighted by molar-refractivity contribution is 0.268. The molecule has 0 saturated heterocycles. The molecule has 1 aromatic heterocycles. The van der Waals surface area contributed by atoms with Gasteiger partial charge in [0.1, 0.15) is 0 Å². The van der Waals surface area contributed by atoms with E-state index in [1.807, 2.05) is 17.4 Å². The van der Waals surface area contributed by atoms with E-state index in [0.29, 0.717) is 6.04 Å². The summed E-state index contributed by atoms with van der Waals surface area (Å²) in [4.78, 5) is 1.46. The van der Waals surface area contributed by atoms with E-state index < -0.39 is 0 Å². The van der Waals surface area contributed by atoms with Crippen LogP contribution in [0, 0.1) is 5.41 Å². The Bertz CT molecular complexity index is 644. The van der Waals surface area contributed by atoms with Gasteiger partial charge in [-0.3, -0.25) is 0 Å². The summed E-state index contributed by atoms with van der Waals surface area (Å²) in [5.41, 5.74) is 4.51. The van der Waals surface area contributed by atoms with Crippen LogP contribution in [0.25, 0.3) is 0 Å². The molecule has 1 aliphatic rings. The third-order valence-corrected chi connectivity index (χ3v) is 5.73. The van der Waals surface area contributed by atoms with E-state index in [0.717, 1.165) is 24.4 Å². The molecule has 112 valence electrons. The fourth-order valence-corrected chi connectivity index (χ4v) is 4.54. The van der Waals surface area contributed by atoms with E-state index in [2.05, 4.69) is 49.7 Å². The van der Waals surface area contributed by atoms with Crippen molar-refractivity contribution in [2.24, 2.45) is 5.41 Å². The van der Waals surface area contributed by atoms with Crippen molar-refractivity contribution in [3.63, 3.8) is 0 Å². The third-order valence-electron chi connectivity index (χ3n) is 4.53. The Labute approximate surface area is 136 Å². The van der Waals surface area contributed by atoms with Crippen LogP contribution < -0.4 is 5.32 Å². The Kier molecular flexibility index (Phi) is 4.13. The van der Waals surface area contributed by atoms with Crippen molar-refractivity contribution in [2.45, 2.75) is 46.2 Å². The molecule has 3 heteroatoms. The minimum absolute atomic E-state index is 0.233. The van der Waals surface area contributed by atoms with Crippen molar-refractivity contribution in [3.8, 4) is 0 Å². The first kappa shape index (κ1) is 15.1. The molecule has 1 heterocycles. The van der Waals surface area contributed by atoms with E-state index in [-0.39, 0.29) is 5.41 Å². The van der Waals surface area contributed by atoms with Gasteiger partial charge in [-0.1, -0.05) is 38.4 Å². The predicted octanol–water partition coefficient (Wildman–Crippen LogP) is 5.38. The maximum absolute atomic E-state index is 6.20. The van der Waals surface area contributed by atoms with Gasteiger partial charge < -0.3 is 5.32 Å². The van der Waals surface area contributed by atoms with Crippen LogP contribution in [-0.2, 0) is 19.4 Å². The Morgan fingerprint density at radius 2 is 2.14 bits per heavy atom. The molecule has 3 rings (SSSR count). The van der Waals surface area contributed by atoms with Crippen LogP contribution in [0.1, 0.15) is 48.4 Å². The van der Waals surface area contributed by atoms with Crippen LogP contribution >= 0.6 is 22.9 Å². The van der Waals surface area contributed by atoms with Gasteiger partial charge in [0, 0.05) is 22.5 Å². The summed E-state index contributed by atoms with van der Waals surface area (Å²) in [5, 5.41) is 6.82. The van der Waals surface area contributed by atoms with Gasteiger partial charge in [0.25, 0.3) is 0 Å². The molecule has 1 nitrogen and oxygen atoms in total. The van der Waals surface area contributed by atoms with Gasteiger partial charge in [0.05, 0.1) is 0 Å². The molecule has 1 aromatic carbocycles. The second kappa shape index (κ2) is 5.75. The molecule has 1 N–H and O–H groups in total. The molecule has 1 atom stereocenters. The minimum Gasteiger partial charge on any atom is -0.305 e. The maximum Gasteiger partial charge on any atom is 0.0409 e. The highest BCUT2D eigenvalue weighted by molar-refractivity contribution is 7.10. The second-order valence-electron chi connectivity index (χ2n) is 6.54. The zero-order valence-corrected chi connectivity index (χ0v) is 14.4. The molecular formula is C18H22ClNS. The number of rotatable bonds is 4. The van der Waals surface area contributed by atoms with Gasteiger partial charge in [-0.2, -0.15) is 0 Å². The van der Waals surface area contributed by atoms with E-state index >= 15 is 0 Å². The molecular weight excluding hydrogens is 298 g/mol. The number of fused-ring (bicyclic) bond motifs is 1. The smallest absolute Gasteiger partial charge is 0.0409 e. The van der Waals surface area contributed by atoms with Gasteiger partial charge >= 0.3 is 0 Å². The predicted molar refractivity (Wildman–Crippen MR) is 92.2 cm³/mol. The molecule has 0 bridgehead atoms. The summed E-state index contributed by atoms with van der Waals surface area (Å²) >= 11 is 8.06. The van der Waals surface area contributed by atoms with Gasteiger partial charge in [0.15, 0.2) is 0 Å². The molecule has 21 heavy (non-hydrogen) atoms. The highest BCUT2D eigenvalue weighted by Crippen LogP contribution is 2.46. The molecule has 0 amide bonds. The van der Waals surface area contributed by atoms with Crippen molar-refractivity contribution >= 4 is 22.9 Å². The number of aryl methyl sites for hydroxylation is 1. The maximum atomic E-state index is 6.20. The summed E-state index contributed by atoms with van der Waals surface area (Å²) in [5.74, 6) is 0. The number of hydrogen-bond donors (Lipinski definition) is 1. The topological polar surface area (TPSA) is 12.0 Å². The lowest BCUT2D eigenvalue weighted by Gasteiger charge is -2.28.